The fourth-order valence-electron chi connectivity index (χ4n) is 2.11. The molecular formula is C16H23ClN4O2S2. The van der Waals surface area contributed by atoms with Crippen LogP contribution >= 0.6 is 23.4 Å². The largest absolute Gasteiger partial charge is 0.300 e. The highest BCUT2D eigenvalue weighted by Crippen LogP contribution is 2.27. The zero-order valence-corrected chi connectivity index (χ0v) is 17.2. The van der Waals surface area contributed by atoms with E-state index in [2.05, 4.69) is 10.2 Å². The van der Waals surface area contributed by atoms with Gasteiger partial charge in [-0.3, -0.25) is 9.47 Å². The van der Waals surface area contributed by atoms with E-state index in [1.165, 1.54) is 11.8 Å². The molecule has 0 radical (unpaired) electrons. The molecule has 138 valence electrons. The Balaban J connectivity index is 2.34. The van der Waals surface area contributed by atoms with Gasteiger partial charge in [-0.05, 0) is 45.3 Å². The summed E-state index contributed by atoms with van der Waals surface area (Å²) in [5.74, 6) is 1.52. The molecule has 0 saturated heterocycles. The lowest BCUT2D eigenvalue weighted by Gasteiger charge is -2.20. The molecule has 0 aliphatic heterocycles. The molecule has 0 aliphatic rings. The van der Waals surface area contributed by atoms with Crippen LogP contribution in [0.15, 0.2) is 29.4 Å². The van der Waals surface area contributed by atoms with Gasteiger partial charge in [0.05, 0.1) is 11.8 Å². The molecule has 1 unspecified atom stereocenters. The zero-order chi connectivity index (χ0) is 18.6. The van der Waals surface area contributed by atoms with Gasteiger partial charge in [-0.15, -0.1) is 10.2 Å². The SMILES string of the molecule is CCS(=O)(=O)CCSc1nnc(C(C)N(C)C)n1-c1ccc(Cl)cc1. The zero-order valence-electron chi connectivity index (χ0n) is 14.8. The number of thioether (sulfide) groups is 1. The molecule has 1 heterocycles. The monoisotopic (exact) mass is 402 g/mol. The van der Waals surface area contributed by atoms with Gasteiger partial charge in [0.2, 0.25) is 0 Å². The lowest BCUT2D eigenvalue weighted by atomic mass is 10.2. The van der Waals surface area contributed by atoms with Crippen LogP contribution in [0.1, 0.15) is 25.7 Å². The molecule has 9 heteroatoms. The number of hydrogen-bond acceptors (Lipinski definition) is 6. The summed E-state index contributed by atoms with van der Waals surface area (Å²) >= 11 is 7.39. The van der Waals surface area contributed by atoms with Crippen molar-refractivity contribution in [3.8, 4) is 5.69 Å². The predicted molar refractivity (Wildman–Crippen MR) is 104 cm³/mol. The first-order chi connectivity index (χ1) is 11.7. The van der Waals surface area contributed by atoms with Crippen molar-refractivity contribution in [1.82, 2.24) is 19.7 Å². The van der Waals surface area contributed by atoms with Crippen LogP contribution in [0.4, 0.5) is 0 Å². The number of halogens is 1. The molecule has 6 nitrogen and oxygen atoms in total. The second-order valence-electron chi connectivity index (χ2n) is 5.88. The van der Waals surface area contributed by atoms with Gasteiger partial charge in [0.25, 0.3) is 0 Å². The summed E-state index contributed by atoms with van der Waals surface area (Å²) in [7, 11) is 0.957. The van der Waals surface area contributed by atoms with Crippen LogP contribution < -0.4 is 0 Å². The number of sulfone groups is 1. The van der Waals surface area contributed by atoms with Crippen LogP contribution in [0.3, 0.4) is 0 Å². The van der Waals surface area contributed by atoms with Gasteiger partial charge in [-0.1, -0.05) is 30.3 Å². The molecule has 0 aliphatic carbocycles. The fourth-order valence-corrected chi connectivity index (χ4v) is 4.49. The van der Waals surface area contributed by atoms with Crippen molar-refractivity contribution in [2.45, 2.75) is 25.0 Å². The number of aromatic nitrogens is 3. The van der Waals surface area contributed by atoms with E-state index in [1.807, 2.05) is 54.8 Å². The Hall–Kier alpha value is -1.09. The third-order valence-corrected chi connectivity index (χ3v) is 7.10. The summed E-state index contributed by atoms with van der Waals surface area (Å²) in [5, 5.41) is 9.96. The topological polar surface area (TPSA) is 68.1 Å². The van der Waals surface area contributed by atoms with Crippen LogP contribution in [0, 0.1) is 0 Å². The summed E-state index contributed by atoms with van der Waals surface area (Å²) in [4.78, 5) is 2.05. The van der Waals surface area contributed by atoms with E-state index in [1.54, 1.807) is 6.92 Å². The second kappa shape index (κ2) is 8.53. The van der Waals surface area contributed by atoms with Crippen LogP contribution in [0.5, 0.6) is 0 Å². The molecule has 1 aromatic carbocycles. The van der Waals surface area contributed by atoms with Gasteiger partial charge in [-0.25, -0.2) is 8.42 Å². The van der Waals surface area contributed by atoms with E-state index in [-0.39, 0.29) is 17.5 Å². The highest BCUT2D eigenvalue weighted by molar-refractivity contribution is 8.00. The minimum Gasteiger partial charge on any atom is -0.300 e. The molecule has 1 aromatic heterocycles. The van der Waals surface area contributed by atoms with Gasteiger partial charge in [0.15, 0.2) is 20.8 Å². The van der Waals surface area contributed by atoms with Crippen molar-refractivity contribution in [3.05, 3.63) is 35.1 Å². The van der Waals surface area contributed by atoms with Gasteiger partial charge in [0, 0.05) is 22.2 Å². The summed E-state index contributed by atoms with van der Waals surface area (Å²) in [6.45, 7) is 3.71. The van der Waals surface area contributed by atoms with E-state index in [0.717, 1.165) is 11.5 Å². The summed E-state index contributed by atoms with van der Waals surface area (Å²) < 4.78 is 25.4. The average molecular weight is 403 g/mol. The van der Waals surface area contributed by atoms with Crippen molar-refractivity contribution in [2.75, 3.05) is 31.4 Å². The molecular weight excluding hydrogens is 380 g/mol. The Bertz CT molecular complexity index is 804. The first-order valence-corrected chi connectivity index (χ1v) is 11.1. The van der Waals surface area contributed by atoms with Crippen molar-refractivity contribution in [2.24, 2.45) is 0 Å². The third kappa shape index (κ3) is 5.20. The van der Waals surface area contributed by atoms with Crippen molar-refractivity contribution < 1.29 is 8.42 Å². The van der Waals surface area contributed by atoms with E-state index < -0.39 is 9.84 Å². The smallest absolute Gasteiger partial charge is 0.195 e. The number of rotatable bonds is 8. The molecule has 0 fully saturated rings. The molecule has 0 N–H and O–H groups in total. The first-order valence-electron chi connectivity index (χ1n) is 7.96. The molecule has 2 aromatic rings. The Kier molecular flexibility index (Phi) is 6.90. The summed E-state index contributed by atoms with van der Waals surface area (Å²) in [5.41, 5.74) is 0.902. The van der Waals surface area contributed by atoms with E-state index in [9.17, 15) is 8.42 Å². The molecule has 0 amide bonds. The predicted octanol–water partition coefficient (Wildman–Crippen LogP) is 3.07. The molecule has 0 saturated carbocycles. The number of hydrogen-bond donors (Lipinski definition) is 0. The maximum Gasteiger partial charge on any atom is 0.195 e. The third-order valence-electron chi connectivity index (χ3n) is 3.96. The van der Waals surface area contributed by atoms with Crippen molar-refractivity contribution in [1.29, 1.82) is 0 Å². The van der Waals surface area contributed by atoms with Crippen LogP contribution in [-0.2, 0) is 9.84 Å². The quantitative estimate of drug-likeness (QED) is 0.632. The van der Waals surface area contributed by atoms with Crippen LogP contribution in [0.25, 0.3) is 5.69 Å². The van der Waals surface area contributed by atoms with Gasteiger partial charge in [0.1, 0.15) is 0 Å². The summed E-state index contributed by atoms with van der Waals surface area (Å²) in [6.07, 6.45) is 0. The van der Waals surface area contributed by atoms with Gasteiger partial charge in [-0.2, -0.15) is 0 Å². The number of benzene rings is 1. The van der Waals surface area contributed by atoms with Crippen LogP contribution in [0.2, 0.25) is 5.02 Å². The molecule has 0 bridgehead atoms. The van der Waals surface area contributed by atoms with E-state index in [4.69, 9.17) is 11.6 Å². The van der Waals surface area contributed by atoms with Crippen molar-refractivity contribution >= 4 is 33.2 Å². The van der Waals surface area contributed by atoms with E-state index in [0.29, 0.717) is 15.9 Å². The Morgan fingerprint density at radius 2 is 1.88 bits per heavy atom. The molecule has 2 rings (SSSR count). The normalized spacial score (nSPS) is 13.4. The van der Waals surface area contributed by atoms with Gasteiger partial charge < -0.3 is 0 Å². The average Bonchev–Trinajstić information content (AvgIpc) is 2.98. The fraction of sp³-hybridized carbons (Fsp3) is 0.500. The minimum atomic E-state index is -3.00. The lowest BCUT2D eigenvalue weighted by molar-refractivity contribution is 0.305. The first kappa shape index (κ1) is 20.2. The highest BCUT2D eigenvalue weighted by Gasteiger charge is 2.21. The van der Waals surface area contributed by atoms with E-state index >= 15 is 0 Å². The minimum absolute atomic E-state index is 0.0527. The Morgan fingerprint density at radius 1 is 1.24 bits per heavy atom. The molecule has 1 atom stereocenters. The maximum absolute atomic E-state index is 11.7. The summed E-state index contributed by atoms with van der Waals surface area (Å²) in [6, 6.07) is 7.50. The molecule has 25 heavy (non-hydrogen) atoms. The van der Waals surface area contributed by atoms with Gasteiger partial charge >= 0.3 is 0 Å². The lowest BCUT2D eigenvalue weighted by Crippen LogP contribution is -2.20. The maximum atomic E-state index is 11.7. The Morgan fingerprint density at radius 3 is 2.44 bits per heavy atom. The highest BCUT2D eigenvalue weighted by atomic mass is 35.5. The Labute approximate surface area is 158 Å². The standard InChI is InChI=1S/C16H23ClN4O2S2/c1-5-25(22,23)11-10-24-16-19-18-15(12(2)20(3)4)21(16)14-8-6-13(17)7-9-14/h6-9,12H,5,10-11H2,1-4H3. The van der Waals surface area contributed by atoms with Crippen LogP contribution in [-0.4, -0.2) is 59.4 Å². The molecule has 0 spiro atoms. The second-order valence-corrected chi connectivity index (χ2v) is 9.85. The number of nitrogens with zero attached hydrogens (tertiary/aromatic N) is 4. The van der Waals surface area contributed by atoms with Crippen molar-refractivity contribution in [3.63, 3.8) is 0 Å².